The summed E-state index contributed by atoms with van der Waals surface area (Å²) >= 11 is 0. The van der Waals surface area contributed by atoms with Gasteiger partial charge in [-0.15, -0.1) is 0 Å². The lowest BCUT2D eigenvalue weighted by Crippen LogP contribution is -2.49. The minimum atomic E-state index is -1.55. The van der Waals surface area contributed by atoms with E-state index in [1.807, 2.05) is 0 Å². The van der Waals surface area contributed by atoms with E-state index in [1.165, 1.54) is 25.7 Å². The molecule has 0 saturated heterocycles. The van der Waals surface area contributed by atoms with Gasteiger partial charge in [-0.3, -0.25) is 0 Å². The maximum Gasteiger partial charge on any atom is 0.111 e. The number of rotatable bonds is 13. The van der Waals surface area contributed by atoms with Gasteiger partial charge in [-0.1, -0.05) is 39.0 Å². The molecule has 4 atom stereocenters. The Hall–Kier alpha value is -0.240. The number of hydrogen-bond acceptors (Lipinski definition) is 6. The van der Waals surface area contributed by atoms with Gasteiger partial charge in [-0.25, -0.2) is 0 Å². The molecule has 0 spiro atoms. The third-order valence-corrected chi connectivity index (χ3v) is 3.39. The van der Waals surface area contributed by atoms with Crippen molar-refractivity contribution < 1.29 is 25.5 Å². The van der Waals surface area contributed by atoms with E-state index in [1.54, 1.807) is 0 Å². The van der Waals surface area contributed by atoms with Crippen molar-refractivity contribution >= 4 is 0 Å². The summed E-state index contributed by atoms with van der Waals surface area (Å²) in [5.41, 5.74) is 0. The van der Waals surface area contributed by atoms with E-state index in [2.05, 4.69) is 12.2 Å². The van der Waals surface area contributed by atoms with E-state index < -0.39 is 31.0 Å². The van der Waals surface area contributed by atoms with Crippen LogP contribution in [0.5, 0.6) is 0 Å². The zero-order chi connectivity index (χ0) is 15.4. The SMILES string of the molecule is CCCCCCCCNC[C@H](O)[C@H](O)[C@H](O)[C@@H](O)CO. The Morgan fingerprint density at radius 1 is 0.800 bits per heavy atom. The summed E-state index contributed by atoms with van der Waals surface area (Å²) in [5, 5.41) is 49.5. The second kappa shape index (κ2) is 12.5. The fourth-order valence-electron chi connectivity index (χ4n) is 1.96. The highest BCUT2D eigenvalue weighted by atomic mass is 16.4. The lowest BCUT2D eigenvalue weighted by atomic mass is 10.0. The summed E-state index contributed by atoms with van der Waals surface area (Å²) in [6.45, 7) is 2.41. The highest BCUT2D eigenvalue weighted by molar-refractivity contribution is 4.81. The van der Waals surface area contributed by atoms with E-state index in [-0.39, 0.29) is 6.54 Å². The fraction of sp³-hybridized carbons (Fsp3) is 1.00. The molecule has 6 nitrogen and oxygen atoms in total. The summed E-state index contributed by atoms with van der Waals surface area (Å²) in [6.07, 6.45) is 1.45. The second-order valence-corrected chi connectivity index (χ2v) is 5.27. The number of aliphatic hydroxyl groups is 5. The summed E-state index contributed by atoms with van der Waals surface area (Å²) in [7, 11) is 0. The van der Waals surface area contributed by atoms with Crippen LogP contribution in [0.25, 0.3) is 0 Å². The van der Waals surface area contributed by atoms with Gasteiger partial charge < -0.3 is 30.8 Å². The van der Waals surface area contributed by atoms with Crippen LogP contribution in [-0.4, -0.2) is 69.6 Å². The predicted octanol–water partition coefficient (Wildman–Crippen LogP) is -0.628. The van der Waals surface area contributed by atoms with Crippen LogP contribution in [-0.2, 0) is 0 Å². The molecule has 0 saturated carbocycles. The predicted molar refractivity (Wildman–Crippen MR) is 77.4 cm³/mol. The Labute approximate surface area is 121 Å². The van der Waals surface area contributed by atoms with Crippen molar-refractivity contribution in [1.29, 1.82) is 0 Å². The normalized spacial score (nSPS) is 17.7. The average Bonchev–Trinajstić information content (AvgIpc) is 2.47. The van der Waals surface area contributed by atoms with Crippen LogP contribution in [0.3, 0.4) is 0 Å². The van der Waals surface area contributed by atoms with Crippen molar-refractivity contribution in [2.75, 3.05) is 19.7 Å². The molecule has 0 aliphatic heterocycles. The molecule has 0 aliphatic rings. The van der Waals surface area contributed by atoms with Crippen LogP contribution < -0.4 is 5.32 Å². The third-order valence-electron chi connectivity index (χ3n) is 3.39. The van der Waals surface area contributed by atoms with Crippen molar-refractivity contribution in [2.45, 2.75) is 69.9 Å². The molecule has 0 rings (SSSR count). The molecule has 0 unspecified atom stereocenters. The number of aliphatic hydroxyl groups excluding tert-OH is 5. The minimum Gasteiger partial charge on any atom is -0.394 e. The Bertz CT molecular complexity index is 218. The first-order chi connectivity index (χ1) is 9.54. The minimum absolute atomic E-state index is 0.144. The Kier molecular flexibility index (Phi) is 12.3. The van der Waals surface area contributed by atoms with Crippen LogP contribution in [0, 0.1) is 0 Å². The fourth-order valence-corrected chi connectivity index (χ4v) is 1.96. The maximum absolute atomic E-state index is 9.64. The van der Waals surface area contributed by atoms with Gasteiger partial charge in [-0.2, -0.15) is 0 Å². The molecular formula is C14H31NO5. The van der Waals surface area contributed by atoms with Gasteiger partial charge in [0.05, 0.1) is 12.7 Å². The smallest absolute Gasteiger partial charge is 0.111 e. The van der Waals surface area contributed by atoms with Crippen molar-refractivity contribution in [1.82, 2.24) is 5.32 Å². The van der Waals surface area contributed by atoms with Crippen molar-refractivity contribution in [3.8, 4) is 0 Å². The largest absolute Gasteiger partial charge is 0.394 e. The quantitative estimate of drug-likeness (QED) is 0.252. The molecule has 122 valence electrons. The van der Waals surface area contributed by atoms with E-state index in [4.69, 9.17) is 10.2 Å². The monoisotopic (exact) mass is 293 g/mol. The third kappa shape index (κ3) is 8.84. The van der Waals surface area contributed by atoms with Gasteiger partial charge in [-0.05, 0) is 13.0 Å². The van der Waals surface area contributed by atoms with Gasteiger partial charge in [0.2, 0.25) is 0 Å². The van der Waals surface area contributed by atoms with Gasteiger partial charge in [0, 0.05) is 6.54 Å². The summed E-state index contributed by atoms with van der Waals surface area (Å²) in [6, 6.07) is 0. The molecule has 0 bridgehead atoms. The van der Waals surface area contributed by atoms with Crippen molar-refractivity contribution in [3.05, 3.63) is 0 Å². The Morgan fingerprint density at radius 3 is 1.95 bits per heavy atom. The first kappa shape index (κ1) is 19.8. The number of unbranched alkanes of at least 4 members (excludes halogenated alkanes) is 5. The lowest BCUT2D eigenvalue weighted by Gasteiger charge is -2.25. The van der Waals surface area contributed by atoms with Crippen molar-refractivity contribution in [3.63, 3.8) is 0 Å². The van der Waals surface area contributed by atoms with Crippen molar-refractivity contribution in [2.24, 2.45) is 0 Å². The first-order valence-electron chi connectivity index (χ1n) is 7.58. The number of nitrogens with one attached hydrogen (secondary N) is 1. The highest BCUT2D eigenvalue weighted by Gasteiger charge is 2.29. The average molecular weight is 293 g/mol. The lowest BCUT2D eigenvalue weighted by molar-refractivity contribution is -0.113. The van der Waals surface area contributed by atoms with E-state index in [0.29, 0.717) is 0 Å². The van der Waals surface area contributed by atoms with E-state index in [9.17, 15) is 15.3 Å². The standard InChI is InChI=1S/C14H31NO5/c1-2-3-4-5-6-7-8-15-9-11(17)13(19)14(20)12(18)10-16/h11-20H,2-10H2,1H3/t11-,12-,13-,14+/m0/s1. The van der Waals surface area contributed by atoms with E-state index >= 15 is 0 Å². The van der Waals surface area contributed by atoms with Crippen LogP contribution in [0.2, 0.25) is 0 Å². The van der Waals surface area contributed by atoms with Crippen LogP contribution >= 0.6 is 0 Å². The molecule has 0 amide bonds. The summed E-state index contributed by atoms with van der Waals surface area (Å²) < 4.78 is 0. The van der Waals surface area contributed by atoms with Gasteiger partial charge in [0.1, 0.15) is 18.3 Å². The molecule has 0 aromatic carbocycles. The van der Waals surface area contributed by atoms with Crippen LogP contribution in [0.1, 0.15) is 45.4 Å². The maximum atomic E-state index is 9.64. The van der Waals surface area contributed by atoms with Gasteiger partial charge in [0.15, 0.2) is 0 Å². The molecule has 0 aromatic heterocycles. The first-order valence-corrected chi connectivity index (χ1v) is 7.58. The zero-order valence-corrected chi connectivity index (χ0v) is 12.4. The molecule has 6 N–H and O–H groups in total. The summed E-state index contributed by atoms with van der Waals surface area (Å²) in [4.78, 5) is 0. The molecular weight excluding hydrogens is 262 g/mol. The summed E-state index contributed by atoms with van der Waals surface area (Å²) in [5.74, 6) is 0. The van der Waals surface area contributed by atoms with Gasteiger partial charge >= 0.3 is 0 Å². The molecule has 0 aromatic rings. The van der Waals surface area contributed by atoms with Gasteiger partial charge in [0.25, 0.3) is 0 Å². The Morgan fingerprint density at radius 2 is 1.35 bits per heavy atom. The Balaban J connectivity index is 3.59. The van der Waals surface area contributed by atoms with E-state index in [0.717, 1.165) is 19.4 Å². The van der Waals surface area contributed by atoms with Crippen LogP contribution in [0.4, 0.5) is 0 Å². The molecule has 0 aliphatic carbocycles. The highest BCUT2D eigenvalue weighted by Crippen LogP contribution is 2.06. The molecule has 0 fully saturated rings. The second-order valence-electron chi connectivity index (χ2n) is 5.27. The molecule has 0 radical (unpaired) electrons. The topological polar surface area (TPSA) is 113 Å². The molecule has 6 heteroatoms. The van der Waals surface area contributed by atoms with Crippen LogP contribution in [0.15, 0.2) is 0 Å². The zero-order valence-electron chi connectivity index (χ0n) is 12.4. The molecule has 20 heavy (non-hydrogen) atoms. The molecule has 0 heterocycles. The number of hydrogen-bond donors (Lipinski definition) is 6.